The van der Waals surface area contributed by atoms with E-state index in [9.17, 15) is 5.11 Å². The Kier molecular flexibility index (Phi) is 4.21. The molecule has 0 spiro atoms. The van der Waals surface area contributed by atoms with Crippen LogP contribution < -0.4 is 0 Å². The summed E-state index contributed by atoms with van der Waals surface area (Å²) in [6.07, 6.45) is -3.00. The molecule has 0 saturated carbocycles. The van der Waals surface area contributed by atoms with Crippen molar-refractivity contribution in [2.24, 2.45) is 0 Å². The predicted molar refractivity (Wildman–Crippen MR) is 58.1 cm³/mol. The normalized spacial score (nSPS) is 14.4. The maximum Gasteiger partial charge on any atom is 0.170 e. The number of aliphatic hydroxyl groups excluding tert-OH is 2. The molecule has 0 radical (unpaired) electrons. The fourth-order valence-corrected chi connectivity index (χ4v) is 1.76. The first kappa shape index (κ1) is 12.6. The van der Waals surface area contributed by atoms with Gasteiger partial charge < -0.3 is 10.2 Å². The summed E-state index contributed by atoms with van der Waals surface area (Å²) in [5.74, 6) is 0. The maximum atomic E-state index is 9.54. The highest BCUT2D eigenvalue weighted by Gasteiger charge is 2.22. The molecule has 6 heteroatoms. The Bertz CT molecular complexity index is 417. The van der Waals surface area contributed by atoms with Crippen LogP contribution >= 0.6 is 34.8 Å². The number of nitrogens with zero attached hydrogens (tertiary/aromatic N) is 1. The Morgan fingerprint density at radius 2 is 1.80 bits per heavy atom. The van der Waals surface area contributed by atoms with E-state index in [1.165, 1.54) is 18.2 Å². The molecule has 80 valence electrons. The van der Waals surface area contributed by atoms with Gasteiger partial charge in [0, 0.05) is 10.6 Å². The zero-order valence-corrected chi connectivity index (χ0v) is 9.55. The molecule has 0 fully saturated rings. The highest BCUT2D eigenvalue weighted by atomic mass is 35.5. The van der Waals surface area contributed by atoms with Crippen LogP contribution in [0.3, 0.4) is 0 Å². The number of nitriles is 1. The van der Waals surface area contributed by atoms with E-state index in [-0.39, 0.29) is 20.6 Å². The Morgan fingerprint density at radius 3 is 2.33 bits per heavy atom. The van der Waals surface area contributed by atoms with Gasteiger partial charge in [0.1, 0.15) is 6.10 Å². The van der Waals surface area contributed by atoms with Gasteiger partial charge in [-0.15, -0.1) is 0 Å². The monoisotopic (exact) mass is 265 g/mol. The first-order valence-electron chi connectivity index (χ1n) is 3.87. The van der Waals surface area contributed by atoms with E-state index < -0.39 is 12.2 Å². The van der Waals surface area contributed by atoms with Gasteiger partial charge in [-0.25, -0.2) is 0 Å². The van der Waals surface area contributed by atoms with E-state index in [1.807, 2.05) is 0 Å². The van der Waals surface area contributed by atoms with Crippen molar-refractivity contribution in [1.29, 1.82) is 5.26 Å². The smallest absolute Gasteiger partial charge is 0.170 e. The van der Waals surface area contributed by atoms with Crippen LogP contribution in [0.4, 0.5) is 0 Å². The van der Waals surface area contributed by atoms with E-state index in [1.54, 1.807) is 0 Å². The van der Waals surface area contributed by atoms with Crippen LogP contribution in [0.1, 0.15) is 11.7 Å². The van der Waals surface area contributed by atoms with Crippen molar-refractivity contribution >= 4 is 34.8 Å². The minimum Gasteiger partial charge on any atom is -0.384 e. The first-order chi connectivity index (χ1) is 6.97. The fraction of sp³-hybridized carbons (Fsp3) is 0.222. The average Bonchev–Trinajstić information content (AvgIpc) is 2.21. The zero-order valence-electron chi connectivity index (χ0n) is 7.28. The van der Waals surface area contributed by atoms with Gasteiger partial charge in [-0.05, 0) is 12.1 Å². The third-order valence-corrected chi connectivity index (χ3v) is 2.81. The summed E-state index contributed by atoms with van der Waals surface area (Å²) in [7, 11) is 0. The van der Waals surface area contributed by atoms with Gasteiger partial charge in [-0.3, -0.25) is 0 Å². The molecule has 1 aromatic carbocycles. The molecule has 0 heterocycles. The summed E-state index contributed by atoms with van der Waals surface area (Å²) >= 11 is 17.2. The summed E-state index contributed by atoms with van der Waals surface area (Å²) in [6, 6.07) is 4.24. The van der Waals surface area contributed by atoms with Crippen LogP contribution in [0.15, 0.2) is 12.1 Å². The second-order valence-electron chi connectivity index (χ2n) is 2.81. The Balaban J connectivity index is 3.20. The zero-order chi connectivity index (χ0) is 11.6. The summed E-state index contributed by atoms with van der Waals surface area (Å²) < 4.78 is 0. The lowest BCUT2D eigenvalue weighted by Crippen LogP contribution is -2.16. The molecular formula is C9H6Cl3NO2. The average molecular weight is 267 g/mol. The molecule has 1 rings (SSSR count). The lowest BCUT2D eigenvalue weighted by atomic mass is 10.1. The van der Waals surface area contributed by atoms with Gasteiger partial charge in [0.2, 0.25) is 0 Å². The standard InChI is InChI=1S/C9H6Cl3NO2/c10-4-1-5(8(12)6(11)2-4)9(15)7(14)3-13/h1-2,7,9,14-15H. The van der Waals surface area contributed by atoms with Gasteiger partial charge in [-0.2, -0.15) is 5.26 Å². The minimum absolute atomic E-state index is 0.0721. The highest BCUT2D eigenvalue weighted by Crippen LogP contribution is 2.34. The quantitative estimate of drug-likeness (QED) is 0.639. The lowest BCUT2D eigenvalue weighted by molar-refractivity contribution is 0.0529. The van der Waals surface area contributed by atoms with Gasteiger partial charge in [0.05, 0.1) is 16.1 Å². The summed E-state index contributed by atoms with van der Waals surface area (Å²) in [4.78, 5) is 0. The molecule has 1 aromatic rings. The molecule has 2 unspecified atom stereocenters. The van der Waals surface area contributed by atoms with Crippen molar-refractivity contribution in [2.75, 3.05) is 0 Å². The van der Waals surface area contributed by atoms with E-state index in [2.05, 4.69) is 0 Å². The molecule has 2 N–H and O–H groups in total. The van der Waals surface area contributed by atoms with Crippen molar-refractivity contribution in [3.63, 3.8) is 0 Å². The summed E-state index contributed by atoms with van der Waals surface area (Å²) in [5.41, 5.74) is 0.128. The summed E-state index contributed by atoms with van der Waals surface area (Å²) in [5, 5.41) is 27.6. The van der Waals surface area contributed by atoms with Gasteiger partial charge in [-0.1, -0.05) is 34.8 Å². The van der Waals surface area contributed by atoms with E-state index >= 15 is 0 Å². The third kappa shape index (κ3) is 2.75. The minimum atomic E-state index is -1.57. The Hall–Kier alpha value is -0.500. The molecule has 0 aliphatic rings. The van der Waals surface area contributed by atoms with Crippen LogP contribution in [0.2, 0.25) is 15.1 Å². The van der Waals surface area contributed by atoms with Gasteiger partial charge in [0.15, 0.2) is 6.10 Å². The van der Waals surface area contributed by atoms with Crippen molar-refractivity contribution in [3.8, 4) is 6.07 Å². The largest absolute Gasteiger partial charge is 0.384 e. The van der Waals surface area contributed by atoms with Crippen LogP contribution in [-0.2, 0) is 0 Å². The van der Waals surface area contributed by atoms with Gasteiger partial charge >= 0.3 is 0 Å². The first-order valence-corrected chi connectivity index (χ1v) is 5.01. The molecular weight excluding hydrogens is 260 g/mol. The number of aliphatic hydroxyl groups is 2. The second kappa shape index (κ2) is 5.02. The number of halogens is 3. The molecule has 3 nitrogen and oxygen atoms in total. The van der Waals surface area contributed by atoms with Crippen LogP contribution in [0.5, 0.6) is 0 Å². The van der Waals surface area contributed by atoms with Gasteiger partial charge in [0.25, 0.3) is 0 Å². The number of hydrogen-bond acceptors (Lipinski definition) is 3. The Labute approximate surface area is 101 Å². The molecule has 0 amide bonds. The van der Waals surface area contributed by atoms with Crippen LogP contribution in [0, 0.1) is 11.3 Å². The topological polar surface area (TPSA) is 64.2 Å². The molecule has 0 aliphatic heterocycles. The van der Waals surface area contributed by atoms with E-state index in [0.717, 1.165) is 0 Å². The van der Waals surface area contributed by atoms with Crippen LogP contribution in [-0.4, -0.2) is 16.3 Å². The Morgan fingerprint density at radius 1 is 1.20 bits per heavy atom. The molecule has 0 aliphatic carbocycles. The van der Waals surface area contributed by atoms with E-state index in [0.29, 0.717) is 0 Å². The van der Waals surface area contributed by atoms with Crippen molar-refractivity contribution < 1.29 is 10.2 Å². The van der Waals surface area contributed by atoms with E-state index in [4.69, 9.17) is 45.2 Å². The van der Waals surface area contributed by atoms with Crippen LogP contribution in [0.25, 0.3) is 0 Å². The highest BCUT2D eigenvalue weighted by molar-refractivity contribution is 6.43. The number of benzene rings is 1. The predicted octanol–water partition coefficient (Wildman–Crippen LogP) is 2.56. The molecule has 0 saturated heterocycles. The van der Waals surface area contributed by atoms with Crippen molar-refractivity contribution in [2.45, 2.75) is 12.2 Å². The van der Waals surface area contributed by atoms with Crippen molar-refractivity contribution in [1.82, 2.24) is 0 Å². The second-order valence-corrected chi connectivity index (χ2v) is 4.03. The fourth-order valence-electron chi connectivity index (χ4n) is 1.03. The molecule has 2 atom stereocenters. The lowest BCUT2D eigenvalue weighted by Gasteiger charge is -2.14. The maximum absolute atomic E-state index is 9.54. The van der Waals surface area contributed by atoms with Crippen molar-refractivity contribution in [3.05, 3.63) is 32.8 Å². The molecule has 15 heavy (non-hydrogen) atoms. The number of rotatable bonds is 2. The third-order valence-electron chi connectivity index (χ3n) is 1.77. The summed E-state index contributed by atoms with van der Waals surface area (Å²) in [6.45, 7) is 0. The molecule has 0 aromatic heterocycles. The molecule has 0 bridgehead atoms. The SMILES string of the molecule is N#CC(O)C(O)c1cc(Cl)cc(Cl)c1Cl. The number of hydrogen-bond donors (Lipinski definition) is 2.